The summed E-state index contributed by atoms with van der Waals surface area (Å²) in [5.41, 5.74) is 2.23. The van der Waals surface area contributed by atoms with E-state index >= 15 is 0 Å². The first-order valence-corrected chi connectivity index (χ1v) is 16.6. The Labute approximate surface area is 253 Å². The van der Waals surface area contributed by atoms with Crippen LogP contribution >= 0.6 is 0 Å². The molecule has 5 aromatic carbocycles. The fraction of sp³-hybridized carbons (Fsp3) is 0.381. The molecule has 5 rings (SSSR count). The Morgan fingerprint density at radius 2 is 0.690 bits per heavy atom. The highest BCUT2D eigenvalue weighted by Gasteiger charge is 2.05. The lowest BCUT2D eigenvalue weighted by atomic mass is 9.96. The van der Waals surface area contributed by atoms with Crippen LogP contribution < -0.4 is 0 Å². The van der Waals surface area contributed by atoms with E-state index in [0.29, 0.717) is 0 Å². The van der Waals surface area contributed by atoms with Gasteiger partial charge in [0.2, 0.25) is 0 Å². The maximum absolute atomic E-state index is 3.41. The van der Waals surface area contributed by atoms with Gasteiger partial charge in [-0.1, -0.05) is 114 Å². The van der Waals surface area contributed by atoms with Gasteiger partial charge >= 0.3 is 0 Å². The highest BCUT2D eigenvalue weighted by atomic mass is 14.1. The van der Waals surface area contributed by atoms with Crippen LogP contribution in [0.4, 0.5) is 0 Å². The number of rotatable bonds is 12. The fourth-order valence-corrected chi connectivity index (χ4v) is 5.97. The van der Waals surface area contributed by atoms with Gasteiger partial charge in [0.1, 0.15) is 0 Å². The molecule has 0 radical (unpaired) electrons. The van der Waals surface area contributed by atoms with Gasteiger partial charge in [0.15, 0.2) is 0 Å². The Bertz CT molecular complexity index is 1630. The first-order chi connectivity index (χ1) is 20.7. The lowest BCUT2D eigenvalue weighted by Gasteiger charge is -2.08. The van der Waals surface area contributed by atoms with Crippen LogP contribution in [0.5, 0.6) is 0 Å². The van der Waals surface area contributed by atoms with E-state index in [2.05, 4.69) is 110 Å². The molecule has 0 fully saturated rings. The van der Waals surface area contributed by atoms with Gasteiger partial charge in [-0.3, -0.25) is 0 Å². The molecule has 0 saturated carbocycles. The molecular weight excluding hydrogens is 504 g/mol. The number of benzene rings is 5. The lowest BCUT2D eigenvalue weighted by molar-refractivity contribution is 0.614. The molecule has 0 heteroatoms. The summed E-state index contributed by atoms with van der Waals surface area (Å²) in [5, 5.41) is 10.2. The zero-order chi connectivity index (χ0) is 29.0. The minimum atomic E-state index is 0.995. The molecule has 0 unspecified atom stereocenters. The molecule has 0 N–H and O–H groups in total. The second-order valence-electron chi connectivity index (χ2n) is 12.0. The molecule has 214 valence electrons. The predicted octanol–water partition coefficient (Wildman–Crippen LogP) is 12.5. The van der Waals surface area contributed by atoms with Gasteiger partial charge < -0.3 is 0 Å². The Morgan fingerprint density at radius 3 is 1.10 bits per heavy atom. The highest BCUT2D eigenvalue weighted by Crippen LogP contribution is 2.31. The second kappa shape index (κ2) is 15.5. The third-order valence-corrected chi connectivity index (χ3v) is 8.48. The van der Waals surface area contributed by atoms with Gasteiger partial charge in [0.25, 0.3) is 0 Å². The van der Waals surface area contributed by atoms with Crippen molar-refractivity contribution >= 4 is 43.1 Å². The first kappa shape index (κ1) is 29.7. The van der Waals surface area contributed by atoms with Crippen molar-refractivity contribution in [1.82, 2.24) is 0 Å². The summed E-state index contributed by atoms with van der Waals surface area (Å²) >= 11 is 0. The average molecular weight is 551 g/mol. The second-order valence-corrected chi connectivity index (χ2v) is 12.0. The van der Waals surface area contributed by atoms with E-state index in [1.807, 2.05) is 0 Å². The zero-order valence-corrected chi connectivity index (χ0v) is 25.8. The summed E-state index contributed by atoms with van der Waals surface area (Å²) < 4.78 is 0. The van der Waals surface area contributed by atoms with E-state index in [9.17, 15) is 0 Å². The largest absolute Gasteiger partial charge is 0.0979 e. The van der Waals surface area contributed by atoms with Crippen molar-refractivity contribution in [2.45, 2.75) is 104 Å². The summed E-state index contributed by atoms with van der Waals surface area (Å²) in [5.74, 6) is 13.6. The number of unbranched alkanes of at least 4 members (excludes halogenated alkanes) is 12. The molecule has 0 spiro atoms. The monoisotopic (exact) mass is 550 g/mol. The summed E-state index contributed by atoms with van der Waals surface area (Å²) in [4.78, 5) is 0. The van der Waals surface area contributed by atoms with E-state index in [0.717, 1.165) is 24.0 Å². The van der Waals surface area contributed by atoms with Gasteiger partial charge in [-0.15, -0.1) is 0 Å². The van der Waals surface area contributed by atoms with Crippen LogP contribution in [0.2, 0.25) is 0 Å². The molecular formula is C42H46. The molecule has 0 aromatic heterocycles. The molecule has 0 saturated heterocycles. The van der Waals surface area contributed by atoms with Gasteiger partial charge in [-0.2, -0.15) is 0 Å². The first-order valence-electron chi connectivity index (χ1n) is 16.6. The SMILES string of the molecule is CCCCCCCCC#Cc1ccc2cc3cc4cc5cc(C#CCCCCCCCC)ccc5cc4cc3cc2c1. The summed E-state index contributed by atoms with van der Waals surface area (Å²) in [7, 11) is 0. The Balaban J connectivity index is 1.29. The van der Waals surface area contributed by atoms with Crippen molar-refractivity contribution in [2.24, 2.45) is 0 Å². The molecule has 0 aliphatic carbocycles. The quantitative estimate of drug-likeness (QED) is 0.0823. The van der Waals surface area contributed by atoms with Gasteiger partial charge in [0, 0.05) is 24.0 Å². The highest BCUT2D eigenvalue weighted by molar-refractivity contribution is 6.08. The van der Waals surface area contributed by atoms with Crippen molar-refractivity contribution in [3.05, 3.63) is 83.9 Å². The number of fused-ring (bicyclic) bond motifs is 4. The van der Waals surface area contributed by atoms with Crippen molar-refractivity contribution in [3.63, 3.8) is 0 Å². The van der Waals surface area contributed by atoms with E-state index in [1.165, 1.54) is 120 Å². The predicted molar refractivity (Wildman–Crippen MR) is 186 cm³/mol. The third-order valence-electron chi connectivity index (χ3n) is 8.48. The van der Waals surface area contributed by atoms with E-state index < -0.39 is 0 Å². The molecule has 0 aliphatic rings. The average Bonchev–Trinajstić information content (AvgIpc) is 3.00. The lowest BCUT2D eigenvalue weighted by Crippen LogP contribution is -1.83. The Hall–Kier alpha value is -3.74. The van der Waals surface area contributed by atoms with Crippen molar-refractivity contribution < 1.29 is 0 Å². The van der Waals surface area contributed by atoms with Crippen LogP contribution in [-0.2, 0) is 0 Å². The van der Waals surface area contributed by atoms with Crippen LogP contribution in [-0.4, -0.2) is 0 Å². The summed E-state index contributed by atoms with van der Waals surface area (Å²) in [6.45, 7) is 4.54. The standard InChI is InChI=1S/C42H46/c1-3-5-7-9-11-13-15-17-19-33-21-23-35-27-39-32-42-30-38-26-34(20-18-16-14-12-10-8-6-4-2)22-24-36(38)28-40(42)31-41(39)29-37(35)25-33/h21-32H,3-16H2,1-2H3. The van der Waals surface area contributed by atoms with E-state index in [4.69, 9.17) is 0 Å². The van der Waals surface area contributed by atoms with Crippen LogP contribution in [0.3, 0.4) is 0 Å². The van der Waals surface area contributed by atoms with Crippen LogP contribution in [0.25, 0.3) is 43.1 Å². The number of hydrogen-bond donors (Lipinski definition) is 0. The van der Waals surface area contributed by atoms with Crippen LogP contribution in [0.15, 0.2) is 72.8 Å². The number of hydrogen-bond acceptors (Lipinski definition) is 0. The molecule has 0 amide bonds. The van der Waals surface area contributed by atoms with Crippen LogP contribution in [0.1, 0.15) is 115 Å². The molecule has 0 heterocycles. The molecule has 0 atom stereocenters. The van der Waals surface area contributed by atoms with Crippen molar-refractivity contribution in [2.75, 3.05) is 0 Å². The smallest absolute Gasteiger partial charge is 0.0251 e. The zero-order valence-electron chi connectivity index (χ0n) is 25.8. The van der Waals surface area contributed by atoms with Crippen molar-refractivity contribution in [3.8, 4) is 23.7 Å². The fourth-order valence-electron chi connectivity index (χ4n) is 5.97. The summed E-state index contributed by atoms with van der Waals surface area (Å²) in [6, 6.07) is 27.3. The molecule has 0 nitrogen and oxygen atoms in total. The minimum absolute atomic E-state index is 0.995. The van der Waals surface area contributed by atoms with E-state index in [-0.39, 0.29) is 0 Å². The van der Waals surface area contributed by atoms with Crippen LogP contribution in [0, 0.1) is 23.7 Å². The molecule has 5 aromatic rings. The Kier molecular flexibility index (Phi) is 11.0. The topological polar surface area (TPSA) is 0 Å². The maximum Gasteiger partial charge on any atom is 0.0251 e. The third kappa shape index (κ3) is 8.17. The maximum atomic E-state index is 3.41. The van der Waals surface area contributed by atoms with Gasteiger partial charge in [0.05, 0.1) is 0 Å². The normalized spacial score (nSPS) is 11.1. The minimum Gasteiger partial charge on any atom is -0.0979 e. The summed E-state index contributed by atoms with van der Waals surface area (Å²) in [6.07, 6.45) is 17.8. The van der Waals surface area contributed by atoms with Crippen molar-refractivity contribution in [1.29, 1.82) is 0 Å². The van der Waals surface area contributed by atoms with Gasteiger partial charge in [-0.25, -0.2) is 0 Å². The Morgan fingerprint density at radius 1 is 0.357 bits per heavy atom. The van der Waals surface area contributed by atoms with E-state index in [1.54, 1.807) is 0 Å². The molecule has 42 heavy (non-hydrogen) atoms. The van der Waals surface area contributed by atoms with Gasteiger partial charge in [-0.05, 0) is 117 Å². The molecule has 0 aliphatic heterocycles. The molecule has 0 bridgehead atoms.